The van der Waals surface area contributed by atoms with Crippen molar-refractivity contribution in [2.24, 2.45) is 0 Å². The molecule has 0 aliphatic carbocycles. The number of hydrogen-bond donors (Lipinski definition) is 0. The molecule has 3 aliphatic heterocycles. The lowest BCUT2D eigenvalue weighted by atomic mass is 10.1. The molecule has 5 rings (SSSR count). The summed E-state index contributed by atoms with van der Waals surface area (Å²) >= 11 is 0. The summed E-state index contributed by atoms with van der Waals surface area (Å²) in [5.41, 5.74) is 2.76. The number of carbonyl (C=O) groups is 2. The second-order valence-corrected chi connectivity index (χ2v) is 11.5. The van der Waals surface area contributed by atoms with Crippen molar-refractivity contribution in [3.05, 3.63) is 54.1 Å². The van der Waals surface area contributed by atoms with E-state index in [1.807, 2.05) is 30.0 Å². The molecule has 0 bridgehead atoms. The molecule has 9 heteroatoms. The molecule has 2 saturated heterocycles. The van der Waals surface area contributed by atoms with Crippen LogP contribution < -0.4 is 9.80 Å². The van der Waals surface area contributed by atoms with E-state index in [0.717, 1.165) is 30.0 Å². The molecule has 0 N–H and O–H groups in total. The molecule has 2 amide bonds. The molecule has 2 fully saturated rings. The predicted molar refractivity (Wildman–Crippen MR) is 135 cm³/mol. The van der Waals surface area contributed by atoms with Gasteiger partial charge in [0.15, 0.2) is 0 Å². The van der Waals surface area contributed by atoms with Crippen molar-refractivity contribution in [3.63, 3.8) is 0 Å². The first-order chi connectivity index (χ1) is 16.8. The van der Waals surface area contributed by atoms with Crippen molar-refractivity contribution in [1.29, 1.82) is 0 Å². The molecule has 0 saturated carbocycles. The van der Waals surface area contributed by atoms with Gasteiger partial charge in [0.05, 0.1) is 4.90 Å². The number of anilines is 2. The van der Waals surface area contributed by atoms with E-state index >= 15 is 0 Å². The van der Waals surface area contributed by atoms with Crippen LogP contribution in [0.3, 0.4) is 0 Å². The number of carbonyl (C=O) groups excluding carboxylic acids is 2. The topological polar surface area (TPSA) is 81.2 Å². The summed E-state index contributed by atoms with van der Waals surface area (Å²) in [4.78, 5) is 31.4. The molecule has 0 aromatic heterocycles. The van der Waals surface area contributed by atoms with Crippen LogP contribution in [0.4, 0.5) is 11.4 Å². The van der Waals surface area contributed by atoms with E-state index in [1.165, 1.54) is 11.2 Å². The van der Waals surface area contributed by atoms with Crippen LogP contribution in [-0.2, 0) is 26.0 Å². The number of para-hydroxylation sites is 1. The van der Waals surface area contributed by atoms with Gasteiger partial charge in [0.2, 0.25) is 21.8 Å². The number of piperazine rings is 1. The largest absolute Gasteiger partial charge is 0.368 e. The number of hydrogen-bond acceptors (Lipinski definition) is 5. The van der Waals surface area contributed by atoms with Gasteiger partial charge in [-0.1, -0.05) is 18.2 Å². The average molecular weight is 497 g/mol. The smallest absolute Gasteiger partial charge is 0.243 e. The summed E-state index contributed by atoms with van der Waals surface area (Å²) in [6.07, 6.45) is 1.82. The van der Waals surface area contributed by atoms with Gasteiger partial charge >= 0.3 is 0 Å². The molecule has 3 heterocycles. The maximum absolute atomic E-state index is 13.6. The van der Waals surface area contributed by atoms with Gasteiger partial charge in [0.1, 0.15) is 6.04 Å². The second kappa shape index (κ2) is 9.28. The molecular weight excluding hydrogens is 464 g/mol. The van der Waals surface area contributed by atoms with Gasteiger partial charge < -0.3 is 14.7 Å². The fraction of sp³-hybridized carbons (Fsp3) is 0.462. The zero-order chi connectivity index (χ0) is 24.7. The predicted octanol–water partition coefficient (Wildman–Crippen LogP) is 2.49. The number of rotatable bonds is 4. The Morgan fingerprint density at radius 2 is 1.66 bits per heavy atom. The summed E-state index contributed by atoms with van der Waals surface area (Å²) in [5.74, 6) is -0.152. The zero-order valence-electron chi connectivity index (χ0n) is 20.3. The van der Waals surface area contributed by atoms with Crippen LogP contribution in [0, 0.1) is 0 Å². The lowest BCUT2D eigenvalue weighted by Gasteiger charge is -2.38. The number of benzene rings is 2. The SMILES string of the molecule is CC(=O)N1c2ccc(S(=O)(=O)N3CCC[C@@H]3C(=O)N3CCN(c4ccccc4)CC3)cc2C[C@H]1C. The van der Waals surface area contributed by atoms with Crippen molar-refractivity contribution >= 4 is 33.2 Å². The molecule has 2 aromatic carbocycles. The van der Waals surface area contributed by atoms with Crippen LogP contribution in [0.1, 0.15) is 32.3 Å². The molecule has 186 valence electrons. The fourth-order valence-corrected chi connectivity index (χ4v) is 7.39. The first-order valence-corrected chi connectivity index (χ1v) is 13.7. The minimum atomic E-state index is -3.83. The Morgan fingerprint density at radius 1 is 0.943 bits per heavy atom. The second-order valence-electron chi connectivity index (χ2n) is 9.65. The van der Waals surface area contributed by atoms with Gasteiger partial charge in [-0.3, -0.25) is 9.59 Å². The molecular formula is C26H32N4O4S. The molecule has 3 aliphatic rings. The quantitative estimate of drug-likeness (QED) is 0.650. The van der Waals surface area contributed by atoms with Gasteiger partial charge in [-0.2, -0.15) is 4.31 Å². The van der Waals surface area contributed by atoms with Crippen molar-refractivity contribution in [3.8, 4) is 0 Å². The van der Waals surface area contributed by atoms with E-state index in [9.17, 15) is 18.0 Å². The molecule has 0 spiro atoms. The Hall–Kier alpha value is -2.91. The minimum absolute atomic E-state index is 0.00359. The highest BCUT2D eigenvalue weighted by atomic mass is 32.2. The third-order valence-corrected chi connectivity index (χ3v) is 9.32. The minimum Gasteiger partial charge on any atom is -0.368 e. The summed E-state index contributed by atoms with van der Waals surface area (Å²) < 4.78 is 28.7. The summed E-state index contributed by atoms with van der Waals surface area (Å²) in [5, 5.41) is 0. The molecule has 8 nitrogen and oxygen atoms in total. The summed E-state index contributed by atoms with van der Waals surface area (Å²) in [6.45, 7) is 6.44. The Labute approximate surface area is 207 Å². The van der Waals surface area contributed by atoms with Crippen LogP contribution in [0.2, 0.25) is 0 Å². The number of nitrogens with zero attached hydrogens (tertiary/aromatic N) is 4. The molecule has 35 heavy (non-hydrogen) atoms. The van der Waals surface area contributed by atoms with Crippen LogP contribution in [0.25, 0.3) is 0 Å². The Balaban J connectivity index is 1.31. The third-order valence-electron chi connectivity index (χ3n) is 7.41. The van der Waals surface area contributed by atoms with Crippen LogP contribution in [-0.4, -0.2) is 74.2 Å². The number of amides is 2. The van der Waals surface area contributed by atoms with Gasteiger partial charge in [-0.05, 0) is 62.1 Å². The first-order valence-electron chi connectivity index (χ1n) is 12.3. The van der Waals surface area contributed by atoms with Crippen molar-refractivity contribution in [2.45, 2.75) is 50.1 Å². The highest BCUT2D eigenvalue weighted by molar-refractivity contribution is 7.89. The highest BCUT2D eigenvalue weighted by Gasteiger charge is 2.42. The van der Waals surface area contributed by atoms with Crippen molar-refractivity contribution in [1.82, 2.24) is 9.21 Å². The van der Waals surface area contributed by atoms with Gasteiger partial charge in [0, 0.05) is 57.1 Å². The number of sulfonamides is 1. The Kier molecular flexibility index (Phi) is 6.31. The lowest BCUT2D eigenvalue weighted by Crippen LogP contribution is -2.54. The Morgan fingerprint density at radius 3 is 2.34 bits per heavy atom. The maximum atomic E-state index is 13.6. The highest BCUT2D eigenvalue weighted by Crippen LogP contribution is 2.36. The monoisotopic (exact) mass is 496 g/mol. The fourth-order valence-electron chi connectivity index (χ4n) is 5.69. The third kappa shape index (κ3) is 4.31. The van der Waals surface area contributed by atoms with Gasteiger partial charge in [0.25, 0.3) is 0 Å². The van der Waals surface area contributed by atoms with Crippen LogP contribution in [0.15, 0.2) is 53.4 Å². The van der Waals surface area contributed by atoms with E-state index in [4.69, 9.17) is 0 Å². The summed E-state index contributed by atoms with van der Waals surface area (Å²) in [7, 11) is -3.83. The maximum Gasteiger partial charge on any atom is 0.243 e. The van der Waals surface area contributed by atoms with Crippen LogP contribution in [0.5, 0.6) is 0 Å². The van der Waals surface area contributed by atoms with Crippen molar-refractivity contribution in [2.75, 3.05) is 42.5 Å². The normalized spacial score (nSPS) is 23.0. The van der Waals surface area contributed by atoms with E-state index < -0.39 is 16.1 Å². The van der Waals surface area contributed by atoms with Crippen molar-refractivity contribution < 1.29 is 18.0 Å². The van der Waals surface area contributed by atoms with E-state index in [1.54, 1.807) is 23.1 Å². The average Bonchev–Trinajstić information content (AvgIpc) is 3.48. The van der Waals surface area contributed by atoms with E-state index in [0.29, 0.717) is 38.9 Å². The van der Waals surface area contributed by atoms with Gasteiger partial charge in [-0.25, -0.2) is 8.42 Å². The summed E-state index contributed by atoms with van der Waals surface area (Å²) in [6, 6.07) is 14.4. The molecule has 0 radical (unpaired) electrons. The zero-order valence-corrected chi connectivity index (χ0v) is 21.1. The molecule has 2 atom stereocenters. The van der Waals surface area contributed by atoms with Crippen LogP contribution >= 0.6 is 0 Å². The lowest BCUT2D eigenvalue weighted by molar-refractivity contribution is -0.134. The van der Waals surface area contributed by atoms with Gasteiger partial charge in [-0.15, -0.1) is 0 Å². The molecule has 0 unspecified atom stereocenters. The van der Waals surface area contributed by atoms with E-state index in [2.05, 4.69) is 17.0 Å². The first kappa shape index (κ1) is 23.8. The molecule has 2 aromatic rings. The Bertz CT molecular complexity index is 1230. The standard InChI is InChI=1S/C26H32N4O4S/c1-19-17-21-18-23(10-11-24(21)30(19)20(2)31)35(33,34)29-12-6-9-25(29)26(32)28-15-13-27(14-16-28)22-7-4-3-5-8-22/h3-5,7-8,10-11,18-19,25H,6,9,12-17H2,1-2H3/t19-,25-/m1/s1. The number of fused-ring (bicyclic) bond motifs is 1. The van der Waals surface area contributed by atoms with E-state index in [-0.39, 0.29) is 22.8 Å².